The normalized spacial score (nSPS) is 10.0. The minimum atomic E-state index is -0.194. The zero-order chi connectivity index (χ0) is 11.5. The number of carbonyl (C=O) groups excluding carboxylic acids is 1. The third-order valence-electron chi connectivity index (χ3n) is 2.20. The van der Waals surface area contributed by atoms with Crippen molar-refractivity contribution in [1.29, 1.82) is 0 Å². The number of fused-ring (bicyclic) bond motifs is 1. The Hall–Kier alpha value is -1.66. The van der Waals surface area contributed by atoms with Gasteiger partial charge in [-0.3, -0.25) is 4.79 Å². The molecule has 92 valence electrons. The molecule has 2 heterocycles. The third-order valence-corrected chi connectivity index (χ3v) is 2.20. The van der Waals surface area contributed by atoms with Gasteiger partial charge < -0.3 is 15.6 Å². The first-order valence-electron chi connectivity index (χ1n) is 4.92. The maximum atomic E-state index is 11.6. The number of aryl methyl sites for hydroxylation is 1. The molecule has 0 spiro atoms. The van der Waals surface area contributed by atoms with Crippen LogP contribution in [0.1, 0.15) is 16.1 Å². The van der Waals surface area contributed by atoms with Crippen LogP contribution >= 0.6 is 12.4 Å². The molecule has 0 atom stereocenters. The molecule has 0 aromatic carbocycles. The fourth-order valence-corrected chi connectivity index (χ4v) is 1.36. The highest BCUT2D eigenvalue weighted by atomic mass is 35.5. The lowest BCUT2D eigenvalue weighted by Gasteiger charge is -2.02. The summed E-state index contributed by atoms with van der Waals surface area (Å²) in [6.07, 6.45) is 1.46. The number of rotatable bonds is 3. The van der Waals surface area contributed by atoms with Crippen LogP contribution in [0.3, 0.4) is 0 Å². The first-order valence-corrected chi connectivity index (χ1v) is 4.92. The van der Waals surface area contributed by atoms with E-state index in [2.05, 4.69) is 15.5 Å². The van der Waals surface area contributed by atoms with Crippen LogP contribution in [0.5, 0.6) is 0 Å². The average Bonchev–Trinajstić information content (AvgIpc) is 2.67. The van der Waals surface area contributed by atoms with E-state index in [1.165, 1.54) is 6.20 Å². The van der Waals surface area contributed by atoms with Gasteiger partial charge in [-0.15, -0.1) is 12.4 Å². The molecular formula is C10H13ClN4O2. The summed E-state index contributed by atoms with van der Waals surface area (Å²) in [7, 11) is 0. The highest BCUT2D eigenvalue weighted by Crippen LogP contribution is 2.16. The van der Waals surface area contributed by atoms with E-state index in [4.69, 9.17) is 10.3 Å². The van der Waals surface area contributed by atoms with Crippen LogP contribution in [-0.2, 0) is 0 Å². The number of nitrogens with zero attached hydrogens (tertiary/aromatic N) is 2. The fraction of sp³-hybridized carbons (Fsp3) is 0.300. The van der Waals surface area contributed by atoms with Crippen molar-refractivity contribution in [2.45, 2.75) is 6.92 Å². The molecule has 1 amide bonds. The SMILES string of the molecule is Cc1noc2ncc(C(=O)NCCN)cc12.Cl. The Balaban J connectivity index is 0.00000144. The van der Waals surface area contributed by atoms with Crippen LogP contribution in [0, 0.1) is 6.92 Å². The summed E-state index contributed by atoms with van der Waals surface area (Å²) >= 11 is 0. The molecule has 2 aromatic heterocycles. The van der Waals surface area contributed by atoms with Crippen LogP contribution < -0.4 is 11.1 Å². The van der Waals surface area contributed by atoms with Crippen LogP contribution in [0.2, 0.25) is 0 Å². The predicted octanol–water partition coefficient (Wildman–Crippen LogP) is 0.642. The van der Waals surface area contributed by atoms with Gasteiger partial charge in [-0.1, -0.05) is 5.16 Å². The average molecular weight is 257 g/mol. The number of nitrogens with one attached hydrogen (secondary N) is 1. The smallest absolute Gasteiger partial charge is 0.257 e. The standard InChI is InChI=1S/C10H12N4O2.ClH/c1-6-8-4-7(9(15)12-3-2-11)5-13-10(8)16-14-6;/h4-5H,2-3,11H2,1H3,(H,12,15);1H. The van der Waals surface area contributed by atoms with Crippen molar-refractivity contribution in [3.05, 3.63) is 23.5 Å². The molecule has 0 saturated heterocycles. The highest BCUT2D eigenvalue weighted by molar-refractivity contribution is 5.96. The maximum absolute atomic E-state index is 11.6. The molecule has 17 heavy (non-hydrogen) atoms. The lowest BCUT2D eigenvalue weighted by atomic mass is 10.2. The quantitative estimate of drug-likeness (QED) is 0.841. The van der Waals surface area contributed by atoms with E-state index >= 15 is 0 Å². The molecule has 0 bridgehead atoms. The molecule has 2 aromatic rings. The number of carbonyl (C=O) groups is 1. The summed E-state index contributed by atoms with van der Waals surface area (Å²) in [5, 5.41) is 7.19. The van der Waals surface area contributed by atoms with Crippen LogP contribution in [0.25, 0.3) is 11.1 Å². The van der Waals surface area contributed by atoms with Crippen molar-refractivity contribution in [3.8, 4) is 0 Å². The number of hydrogen-bond donors (Lipinski definition) is 2. The fourth-order valence-electron chi connectivity index (χ4n) is 1.36. The van der Waals surface area contributed by atoms with Gasteiger partial charge in [0.2, 0.25) is 0 Å². The zero-order valence-electron chi connectivity index (χ0n) is 9.27. The van der Waals surface area contributed by atoms with Crippen molar-refractivity contribution >= 4 is 29.4 Å². The predicted molar refractivity (Wildman–Crippen MR) is 65.2 cm³/mol. The minimum Gasteiger partial charge on any atom is -0.351 e. The largest absolute Gasteiger partial charge is 0.351 e. The van der Waals surface area contributed by atoms with E-state index in [0.717, 1.165) is 11.1 Å². The Morgan fingerprint density at radius 2 is 2.35 bits per heavy atom. The molecule has 0 aliphatic heterocycles. The van der Waals surface area contributed by atoms with Crippen molar-refractivity contribution < 1.29 is 9.32 Å². The molecule has 7 heteroatoms. The third kappa shape index (κ3) is 2.72. The zero-order valence-corrected chi connectivity index (χ0v) is 10.1. The van der Waals surface area contributed by atoms with E-state index in [1.54, 1.807) is 13.0 Å². The maximum Gasteiger partial charge on any atom is 0.257 e. The van der Waals surface area contributed by atoms with Crippen LogP contribution in [0.4, 0.5) is 0 Å². The monoisotopic (exact) mass is 256 g/mol. The van der Waals surface area contributed by atoms with Gasteiger partial charge in [-0.2, -0.15) is 0 Å². The van der Waals surface area contributed by atoms with Gasteiger partial charge in [0.05, 0.1) is 16.6 Å². The number of pyridine rings is 1. The van der Waals surface area contributed by atoms with Crippen molar-refractivity contribution in [3.63, 3.8) is 0 Å². The molecule has 0 aliphatic rings. The molecule has 0 fully saturated rings. The minimum absolute atomic E-state index is 0. The van der Waals surface area contributed by atoms with Gasteiger partial charge in [0.25, 0.3) is 11.6 Å². The van der Waals surface area contributed by atoms with Gasteiger partial charge in [0.1, 0.15) is 0 Å². The van der Waals surface area contributed by atoms with Crippen molar-refractivity contribution in [2.75, 3.05) is 13.1 Å². The van der Waals surface area contributed by atoms with E-state index in [-0.39, 0.29) is 18.3 Å². The topological polar surface area (TPSA) is 94.0 Å². The second-order valence-electron chi connectivity index (χ2n) is 3.39. The summed E-state index contributed by atoms with van der Waals surface area (Å²) in [6, 6.07) is 1.71. The molecule has 0 radical (unpaired) electrons. The molecule has 0 unspecified atom stereocenters. The Morgan fingerprint density at radius 3 is 3.06 bits per heavy atom. The van der Waals surface area contributed by atoms with Crippen LogP contribution in [0.15, 0.2) is 16.8 Å². The Morgan fingerprint density at radius 1 is 1.59 bits per heavy atom. The van der Waals surface area contributed by atoms with Crippen LogP contribution in [-0.4, -0.2) is 29.1 Å². The lowest BCUT2D eigenvalue weighted by Crippen LogP contribution is -2.29. The second-order valence-corrected chi connectivity index (χ2v) is 3.39. The summed E-state index contributed by atoms with van der Waals surface area (Å²) < 4.78 is 4.95. The molecule has 6 nitrogen and oxygen atoms in total. The molecular weight excluding hydrogens is 244 g/mol. The van der Waals surface area contributed by atoms with E-state index in [0.29, 0.717) is 24.4 Å². The summed E-state index contributed by atoms with van der Waals surface area (Å²) in [5.74, 6) is -0.194. The highest BCUT2D eigenvalue weighted by Gasteiger charge is 2.10. The second kappa shape index (κ2) is 5.60. The number of nitrogens with two attached hydrogens (primary N) is 1. The van der Waals surface area contributed by atoms with Gasteiger partial charge in [0, 0.05) is 19.3 Å². The molecule has 0 saturated carbocycles. The Labute approximate surface area is 104 Å². The van der Waals surface area contributed by atoms with Gasteiger partial charge in [0.15, 0.2) is 0 Å². The lowest BCUT2D eigenvalue weighted by molar-refractivity contribution is 0.0954. The molecule has 0 aliphatic carbocycles. The summed E-state index contributed by atoms with van der Waals surface area (Å²) in [4.78, 5) is 15.6. The van der Waals surface area contributed by atoms with Gasteiger partial charge in [-0.05, 0) is 13.0 Å². The first-order chi connectivity index (χ1) is 7.72. The van der Waals surface area contributed by atoms with Crippen molar-refractivity contribution in [1.82, 2.24) is 15.5 Å². The number of halogens is 1. The Kier molecular flexibility index (Phi) is 4.42. The van der Waals surface area contributed by atoms with E-state index < -0.39 is 0 Å². The van der Waals surface area contributed by atoms with E-state index in [9.17, 15) is 4.79 Å². The summed E-state index contributed by atoms with van der Waals surface area (Å²) in [5.41, 5.74) is 6.93. The number of amides is 1. The molecule has 3 N–H and O–H groups in total. The first kappa shape index (κ1) is 13.4. The Bertz CT molecular complexity index is 526. The number of aromatic nitrogens is 2. The summed E-state index contributed by atoms with van der Waals surface area (Å²) in [6.45, 7) is 2.66. The molecule has 2 rings (SSSR count). The van der Waals surface area contributed by atoms with E-state index in [1.807, 2.05) is 0 Å². The van der Waals surface area contributed by atoms with Crippen molar-refractivity contribution in [2.24, 2.45) is 5.73 Å². The van der Waals surface area contributed by atoms with Gasteiger partial charge in [-0.25, -0.2) is 4.98 Å². The number of hydrogen-bond acceptors (Lipinski definition) is 5. The van der Waals surface area contributed by atoms with Gasteiger partial charge >= 0.3 is 0 Å².